The van der Waals surface area contributed by atoms with Crippen LogP contribution in [0.3, 0.4) is 0 Å². The Morgan fingerprint density at radius 2 is 2.22 bits per heavy atom. The number of hydrogen-bond acceptors (Lipinski definition) is 3. The van der Waals surface area contributed by atoms with E-state index in [1.807, 2.05) is 13.8 Å². The summed E-state index contributed by atoms with van der Waals surface area (Å²) in [4.78, 5) is 0. The van der Waals surface area contributed by atoms with Gasteiger partial charge in [0.1, 0.15) is 0 Å². The molecule has 0 aliphatic carbocycles. The van der Waals surface area contributed by atoms with Crippen LogP contribution in [0.25, 0.3) is 0 Å². The van der Waals surface area contributed by atoms with E-state index in [1.165, 1.54) is 16.8 Å². The van der Waals surface area contributed by atoms with Crippen molar-refractivity contribution >= 4 is 5.69 Å². The molecule has 3 rings (SSSR count). The van der Waals surface area contributed by atoms with E-state index in [1.54, 1.807) is 0 Å². The summed E-state index contributed by atoms with van der Waals surface area (Å²) in [6.07, 6.45) is 2.27. The van der Waals surface area contributed by atoms with Crippen molar-refractivity contribution in [3.05, 3.63) is 29.3 Å². The Morgan fingerprint density at radius 3 is 3.00 bits per heavy atom. The van der Waals surface area contributed by atoms with E-state index in [2.05, 4.69) is 28.8 Å². The van der Waals surface area contributed by atoms with Gasteiger partial charge in [0.05, 0.1) is 12.6 Å². The first-order valence-corrected chi connectivity index (χ1v) is 7.09. The first-order valence-electron chi connectivity index (χ1n) is 7.09. The number of rotatable bonds is 2. The Hall–Kier alpha value is -1.06. The monoisotopic (exact) mass is 248 g/mol. The summed E-state index contributed by atoms with van der Waals surface area (Å²) in [5.41, 5.74) is 4.23. The third-order valence-electron chi connectivity index (χ3n) is 3.44. The van der Waals surface area contributed by atoms with Crippen molar-refractivity contribution in [2.45, 2.75) is 39.3 Å². The fourth-order valence-corrected chi connectivity index (χ4v) is 2.52. The minimum Gasteiger partial charge on any atom is -0.380 e. The Morgan fingerprint density at radius 1 is 1.33 bits per heavy atom. The van der Waals surface area contributed by atoms with E-state index < -0.39 is 0 Å². The van der Waals surface area contributed by atoms with E-state index in [0.717, 1.165) is 39.1 Å². The summed E-state index contributed by atoms with van der Waals surface area (Å²) >= 11 is 0. The van der Waals surface area contributed by atoms with Crippen molar-refractivity contribution in [1.29, 1.82) is 0 Å². The molecule has 2 aliphatic heterocycles. The highest BCUT2D eigenvalue weighted by Gasteiger charge is 2.18. The van der Waals surface area contributed by atoms with Gasteiger partial charge in [-0.3, -0.25) is 0 Å². The van der Waals surface area contributed by atoms with Gasteiger partial charge in [-0.1, -0.05) is 26.0 Å². The predicted molar refractivity (Wildman–Crippen MR) is 76.0 cm³/mol. The normalized spacial score (nSPS) is 21.8. The molecule has 2 N–H and O–H groups in total. The van der Waals surface area contributed by atoms with Crippen LogP contribution in [-0.4, -0.2) is 25.8 Å². The summed E-state index contributed by atoms with van der Waals surface area (Å²) in [5, 5.41) is 7.04. The highest BCUT2D eigenvalue weighted by molar-refractivity contribution is 5.56. The lowest BCUT2D eigenvalue weighted by molar-refractivity contribution is 0.195. The molecule has 0 aromatic heterocycles. The van der Waals surface area contributed by atoms with Crippen LogP contribution in [0.1, 0.15) is 31.4 Å². The molecule has 1 aromatic rings. The van der Waals surface area contributed by atoms with Crippen LogP contribution in [0.15, 0.2) is 18.2 Å². The third kappa shape index (κ3) is 3.03. The molecule has 2 aliphatic rings. The molecule has 1 saturated heterocycles. The maximum absolute atomic E-state index is 5.40. The lowest BCUT2D eigenvalue weighted by Crippen LogP contribution is -2.26. The van der Waals surface area contributed by atoms with Gasteiger partial charge in [0, 0.05) is 18.8 Å². The zero-order valence-electron chi connectivity index (χ0n) is 11.5. The van der Waals surface area contributed by atoms with Crippen LogP contribution in [0.4, 0.5) is 5.69 Å². The molecular weight excluding hydrogens is 224 g/mol. The van der Waals surface area contributed by atoms with E-state index in [4.69, 9.17) is 4.74 Å². The van der Waals surface area contributed by atoms with Gasteiger partial charge in [0.25, 0.3) is 0 Å². The van der Waals surface area contributed by atoms with Gasteiger partial charge < -0.3 is 15.4 Å². The van der Waals surface area contributed by atoms with Crippen LogP contribution in [-0.2, 0) is 17.7 Å². The number of hydrogen-bond donors (Lipinski definition) is 2. The summed E-state index contributed by atoms with van der Waals surface area (Å²) < 4.78 is 5.40. The molecule has 1 aromatic carbocycles. The minimum atomic E-state index is 0.494. The molecule has 1 unspecified atom stereocenters. The fourth-order valence-electron chi connectivity index (χ4n) is 2.52. The van der Waals surface area contributed by atoms with Gasteiger partial charge >= 0.3 is 0 Å². The van der Waals surface area contributed by atoms with Crippen LogP contribution in [0, 0.1) is 0 Å². The smallest absolute Gasteiger partial charge is 0.0668 e. The molecule has 0 radical (unpaired) electrons. The summed E-state index contributed by atoms with van der Waals surface area (Å²) in [5.74, 6) is 0. The highest BCUT2D eigenvalue weighted by Crippen LogP contribution is 2.24. The van der Waals surface area contributed by atoms with Crippen molar-refractivity contribution in [2.75, 3.05) is 25.1 Å². The maximum Gasteiger partial charge on any atom is 0.0668 e. The third-order valence-corrected chi connectivity index (χ3v) is 3.44. The number of ether oxygens (including phenoxy) is 1. The zero-order valence-corrected chi connectivity index (χ0v) is 11.5. The highest BCUT2D eigenvalue weighted by atomic mass is 16.5. The van der Waals surface area contributed by atoms with Crippen molar-refractivity contribution in [2.24, 2.45) is 0 Å². The largest absolute Gasteiger partial charge is 0.380 e. The SMILES string of the molecule is CC.c1cc2c(c(NC3CCOC3)c1)CNCC2. The second-order valence-electron chi connectivity index (χ2n) is 4.57. The molecule has 1 fully saturated rings. The first kappa shape index (κ1) is 13.4. The van der Waals surface area contributed by atoms with Gasteiger partial charge in [-0.15, -0.1) is 0 Å². The maximum atomic E-state index is 5.40. The number of anilines is 1. The van der Waals surface area contributed by atoms with Gasteiger partial charge in [-0.2, -0.15) is 0 Å². The lowest BCUT2D eigenvalue weighted by Gasteiger charge is -2.22. The number of benzene rings is 1. The first-order chi connectivity index (χ1) is 8.93. The molecule has 18 heavy (non-hydrogen) atoms. The van der Waals surface area contributed by atoms with Crippen LogP contribution < -0.4 is 10.6 Å². The van der Waals surface area contributed by atoms with Gasteiger partial charge in [0.15, 0.2) is 0 Å². The van der Waals surface area contributed by atoms with Gasteiger partial charge in [0.2, 0.25) is 0 Å². The van der Waals surface area contributed by atoms with Crippen molar-refractivity contribution in [1.82, 2.24) is 5.32 Å². The molecule has 1 atom stereocenters. The average Bonchev–Trinajstić information content (AvgIpc) is 2.95. The van der Waals surface area contributed by atoms with E-state index in [0.29, 0.717) is 6.04 Å². The Kier molecular flexibility index (Phi) is 5.02. The van der Waals surface area contributed by atoms with E-state index >= 15 is 0 Å². The topological polar surface area (TPSA) is 33.3 Å². The van der Waals surface area contributed by atoms with Crippen molar-refractivity contribution < 1.29 is 4.74 Å². The summed E-state index contributed by atoms with van der Waals surface area (Å²) in [6, 6.07) is 7.08. The van der Waals surface area contributed by atoms with Gasteiger partial charge in [-0.25, -0.2) is 0 Å². The second kappa shape index (κ2) is 6.76. The number of nitrogens with one attached hydrogen (secondary N) is 2. The average molecular weight is 248 g/mol. The standard InChI is InChI=1S/C13H18N2O.C2H6/c1-2-10-4-6-14-8-12(10)13(3-1)15-11-5-7-16-9-11;1-2/h1-3,11,14-15H,4-9H2;1-2H3. The van der Waals surface area contributed by atoms with Gasteiger partial charge in [-0.05, 0) is 36.6 Å². The molecule has 0 amide bonds. The van der Waals surface area contributed by atoms with Crippen molar-refractivity contribution in [3.8, 4) is 0 Å². The van der Waals surface area contributed by atoms with Crippen LogP contribution in [0.2, 0.25) is 0 Å². The quantitative estimate of drug-likeness (QED) is 0.844. The summed E-state index contributed by atoms with van der Waals surface area (Å²) in [7, 11) is 0. The lowest BCUT2D eigenvalue weighted by atomic mass is 9.99. The molecule has 3 nitrogen and oxygen atoms in total. The van der Waals surface area contributed by atoms with E-state index in [-0.39, 0.29) is 0 Å². The Bertz CT molecular complexity index is 373. The molecule has 3 heteroatoms. The predicted octanol–water partition coefficient (Wildman–Crippen LogP) is 2.56. The zero-order chi connectivity index (χ0) is 12.8. The molecule has 100 valence electrons. The van der Waals surface area contributed by atoms with Crippen LogP contribution >= 0.6 is 0 Å². The fraction of sp³-hybridized carbons (Fsp3) is 0.600. The Balaban J connectivity index is 0.000000574. The summed E-state index contributed by atoms with van der Waals surface area (Å²) in [6.45, 7) is 7.83. The molecule has 0 saturated carbocycles. The Labute approximate surface area is 110 Å². The van der Waals surface area contributed by atoms with Crippen LogP contribution in [0.5, 0.6) is 0 Å². The van der Waals surface area contributed by atoms with Crippen molar-refractivity contribution in [3.63, 3.8) is 0 Å². The molecule has 0 spiro atoms. The minimum absolute atomic E-state index is 0.494. The number of fused-ring (bicyclic) bond motifs is 1. The molecule has 0 bridgehead atoms. The molecular formula is C15H24N2O. The molecule has 2 heterocycles. The van der Waals surface area contributed by atoms with E-state index in [9.17, 15) is 0 Å². The second-order valence-corrected chi connectivity index (χ2v) is 4.57.